The molecular formula is C13H20N2O2. The number of rotatable bonds is 6. The summed E-state index contributed by atoms with van der Waals surface area (Å²) in [6.45, 7) is 2.52. The molecule has 1 amide bonds. The fraction of sp³-hybridized carbons (Fsp3) is 0.462. The van der Waals surface area contributed by atoms with E-state index in [1.54, 1.807) is 7.11 Å². The number of para-hydroxylation sites is 1. The zero-order chi connectivity index (χ0) is 12.7. The SMILES string of the molecule is CCC(N)CNC(=O)Cc1ccccc1OC. The molecule has 0 saturated heterocycles. The number of nitrogens with two attached hydrogens (primary N) is 1. The van der Waals surface area contributed by atoms with Crippen molar-refractivity contribution in [3.8, 4) is 5.75 Å². The number of ether oxygens (including phenoxy) is 1. The van der Waals surface area contributed by atoms with Crippen molar-refractivity contribution in [1.82, 2.24) is 5.32 Å². The van der Waals surface area contributed by atoms with Gasteiger partial charge in [0, 0.05) is 18.2 Å². The minimum absolute atomic E-state index is 0.0246. The Hall–Kier alpha value is -1.55. The Morgan fingerprint density at radius 1 is 1.47 bits per heavy atom. The van der Waals surface area contributed by atoms with E-state index in [4.69, 9.17) is 10.5 Å². The van der Waals surface area contributed by atoms with Crippen LogP contribution in [0, 0.1) is 0 Å². The molecule has 1 rings (SSSR count). The molecule has 0 spiro atoms. The third kappa shape index (κ3) is 4.44. The monoisotopic (exact) mass is 236 g/mol. The summed E-state index contributed by atoms with van der Waals surface area (Å²) in [5.41, 5.74) is 6.62. The summed E-state index contributed by atoms with van der Waals surface area (Å²) in [6, 6.07) is 7.53. The number of carbonyl (C=O) groups is 1. The molecule has 1 aromatic carbocycles. The third-order valence-electron chi connectivity index (χ3n) is 2.63. The summed E-state index contributed by atoms with van der Waals surface area (Å²) < 4.78 is 5.19. The lowest BCUT2D eigenvalue weighted by Crippen LogP contribution is -2.37. The molecule has 1 atom stereocenters. The smallest absolute Gasteiger partial charge is 0.224 e. The Morgan fingerprint density at radius 3 is 2.82 bits per heavy atom. The number of amides is 1. The Morgan fingerprint density at radius 2 is 2.18 bits per heavy atom. The maximum Gasteiger partial charge on any atom is 0.224 e. The van der Waals surface area contributed by atoms with Crippen molar-refractivity contribution in [2.45, 2.75) is 25.8 Å². The molecule has 0 aliphatic carbocycles. The maximum atomic E-state index is 11.7. The zero-order valence-corrected chi connectivity index (χ0v) is 10.4. The van der Waals surface area contributed by atoms with Gasteiger partial charge in [0.05, 0.1) is 13.5 Å². The predicted octanol–water partition coefficient (Wildman–Crippen LogP) is 1.09. The van der Waals surface area contributed by atoms with Crippen LogP contribution in [0.3, 0.4) is 0 Å². The molecule has 17 heavy (non-hydrogen) atoms. The van der Waals surface area contributed by atoms with Gasteiger partial charge in [-0.2, -0.15) is 0 Å². The van der Waals surface area contributed by atoms with Gasteiger partial charge in [0.25, 0.3) is 0 Å². The molecule has 0 heterocycles. The number of benzene rings is 1. The highest BCUT2D eigenvalue weighted by atomic mass is 16.5. The van der Waals surface area contributed by atoms with E-state index in [0.717, 1.165) is 17.7 Å². The van der Waals surface area contributed by atoms with E-state index in [1.807, 2.05) is 31.2 Å². The van der Waals surface area contributed by atoms with E-state index in [0.29, 0.717) is 13.0 Å². The van der Waals surface area contributed by atoms with Crippen molar-refractivity contribution in [3.05, 3.63) is 29.8 Å². The molecule has 0 saturated carbocycles. The van der Waals surface area contributed by atoms with Gasteiger partial charge < -0.3 is 15.8 Å². The first-order valence-electron chi connectivity index (χ1n) is 5.81. The van der Waals surface area contributed by atoms with Gasteiger partial charge >= 0.3 is 0 Å². The number of methoxy groups -OCH3 is 1. The van der Waals surface area contributed by atoms with Crippen molar-refractivity contribution in [1.29, 1.82) is 0 Å². The average Bonchev–Trinajstić information content (AvgIpc) is 2.36. The van der Waals surface area contributed by atoms with E-state index in [2.05, 4.69) is 5.32 Å². The van der Waals surface area contributed by atoms with Gasteiger partial charge in [-0.25, -0.2) is 0 Å². The standard InChI is InChI=1S/C13H20N2O2/c1-3-11(14)9-15-13(16)8-10-6-4-5-7-12(10)17-2/h4-7,11H,3,8-9,14H2,1-2H3,(H,15,16). The van der Waals surface area contributed by atoms with Crippen molar-refractivity contribution in [2.75, 3.05) is 13.7 Å². The van der Waals surface area contributed by atoms with Crippen molar-refractivity contribution >= 4 is 5.91 Å². The van der Waals surface area contributed by atoms with Crippen LogP contribution in [0.15, 0.2) is 24.3 Å². The van der Waals surface area contributed by atoms with E-state index >= 15 is 0 Å². The average molecular weight is 236 g/mol. The Kier molecular flexibility index (Phi) is 5.49. The molecule has 0 radical (unpaired) electrons. The fourth-order valence-electron chi connectivity index (χ4n) is 1.47. The first-order valence-corrected chi connectivity index (χ1v) is 5.81. The highest BCUT2D eigenvalue weighted by Crippen LogP contribution is 2.17. The summed E-state index contributed by atoms with van der Waals surface area (Å²) in [4.78, 5) is 11.7. The molecule has 3 N–H and O–H groups in total. The summed E-state index contributed by atoms with van der Waals surface area (Å²) in [5.74, 6) is 0.709. The van der Waals surface area contributed by atoms with Crippen molar-refractivity contribution < 1.29 is 9.53 Å². The molecule has 1 unspecified atom stereocenters. The van der Waals surface area contributed by atoms with Crippen LogP contribution in [-0.2, 0) is 11.2 Å². The summed E-state index contributed by atoms with van der Waals surface area (Å²) in [5, 5.41) is 2.81. The van der Waals surface area contributed by atoms with Gasteiger partial charge in [-0.15, -0.1) is 0 Å². The Balaban J connectivity index is 2.50. The van der Waals surface area contributed by atoms with Gasteiger partial charge in [0.1, 0.15) is 5.75 Å². The molecule has 94 valence electrons. The molecule has 0 bridgehead atoms. The van der Waals surface area contributed by atoms with Crippen LogP contribution < -0.4 is 15.8 Å². The van der Waals surface area contributed by atoms with Gasteiger partial charge in [0.2, 0.25) is 5.91 Å². The fourth-order valence-corrected chi connectivity index (χ4v) is 1.47. The zero-order valence-electron chi connectivity index (χ0n) is 10.4. The summed E-state index contributed by atoms with van der Waals surface area (Å²) in [6.07, 6.45) is 1.18. The number of hydrogen-bond donors (Lipinski definition) is 2. The van der Waals surface area contributed by atoms with Crippen molar-refractivity contribution in [3.63, 3.8) is 0 Å². The highest BCUT2D eigenvalue weighted by molar-refractivity contribution is 5.79. The molecule has 0 fully saturated rings. The summed E-state index contributed by atoms with van der Waals surface area (Å²) >= 11 is 0. The van der Waals surface area contributed by atoms with Gasteiger partial charge in [-0.05, 0) is 12.5 Å². The van der Waals surface area contributed by atoms with Gasteiger partial charge in [-0.3, -0.25) is 4.79 Å². The van der Waals surface area contributed by atoms with E-state index < -0.39 is 0 Å². The first kappa shape index (κ1) is 13.5. The number of nitrogens with one attached hydrogen (secondary N) is 1. The Bertz CT molecular complexity index is 366. The molecule has 4 nitrogen and oxygen atoms in total. The largest absolute Gasteiger partial charge is 0.496 e. The third-order valence-corrected chi connectivity index (χ3v) is 2.63. The number of carbonyl (C=O) groups excluding carboxylic acids is 1. The maximum absolute atomic E-state index is 11.7. The van der Waals surface area contributed by atoms with Crippen LogP contribution in [0.2, 0.25) is 0 Å². The van der Waals surface area contributed by atoms with Gasteiger partial charge in [-0.1, -0.05) is 25.1 Å². The molecule has 1 aromatic rings. The molecular weight excluding hydrogens is 216 g/mol. The minimum Gasteiger partial charge on any atom is -0.496 e. The molecule has 0 aliphatic rings. The summed E-state index contributed by atoms with van der Waals surface area (Å²) in [7, 11) is 1.60. The second kappa shape index (κ2) is 6.91. The molecule has 4 heteroatoms. The van der Waals surface area contributed by atoms with E-state index in [-0.39, 0.29) is 11.9 Å². The molecule has 0 aliphatic heterocycles. The van der Waals surface area contributed by atoms with Crippen LogP contribution in [-0.4, -0.2) is 25.6 Å². The quantitative estimate of drug-likeness (QED) is 0.777. The number of hydrogen-bond acceptors (Lipinski definition) is 3. The van der Waals surface area contributed by atoms with E-state index in [1.165, 1.54) is 0 Å². The van der Waals surface area contributed by atoms with Crippen LogP contribution in [0.5, 0.6) is 5.75 Å². The lowest BCUT2D eigenvalue weighted by molar-refractivity contribution is -0.120. The minimum atomic E-state index is -0.0293. The molecule has 0 aromatic heterocycles. The highest BCUT2D eigenvalue weighted by Gasteiger charge is 2.08. The lowest BCUT2D eigenvalue weighted by Gasteiger charge is -2.11. The second-order valence-electron chi connectivity index (χ2n) is 3.96. The second-order valence-corrected chi connectivity index (χ2v) is 3.96. The lowest BCUT2D eigenvalue weighted by atomic mass is 10.1. The van der Waals surface area contributed by atoms with Crippen LogP contribution >= 0.6 is 0 Å². The van der Waals surface area contributed by atoms with Crippen LogP contribution in [0.1, 0.15) is 18.9 Å². The Labute approximate surface area is 102 Å². The first-order chi connectivity index (χ1) is 8.17. The van der Waals surface area contributed by atoms with Gasteiger partial charge in [0.15, 0.2) is 0 Å². The van der Waals surface area contributed by atoms with Crippen molar-refractivity contribution in [2.24, 2.45) is 5.73 Å². The van der Waals surface area contributed by atoms with Crippen LogP contribution in [0.4, 0.5) is 0 Å². The van der Waals surface area contributed by atoms with E-state index in [9.17, 15) is 4.79 Å². The van der Waals surface area contributed by atoms with Crippen LogP contribution in [0.25, 0.3) is 0 Å². The predicted molar refractivity (Wildman–Crippen MR) is 68.0 cm³/mol. The normalized spacial score (nSPS) is 11.9. The topological polar surface area (TPSA) is 64.3 Å².